The summed E-state index contributed by atoms with van der Waals surface area (Å²) in [4.78, 5) is 14.0. The lowest BCUT2D eigenvalue weighted by Gasteiger charge is -1.99. The average Bonchev–Trinajstić information content (AvgIpc) is 2.87. The van der Waals surface area contributed by atoms with E-state index in [4.69, 9.17) is 10.7 Å². The summed E-state index contributed by atoms with van der Waals surface area (Å²) >= 11 is 1.54. The SMILES string of the molecule is Nc1ncnc2c1sc1nc(-c3ccccc3)ccc12. The monoisotopic (exact) mass is 278 g/mol. The number of thiophene rings is 1. The van der Waals surface area contributed by atoms with Gasteiger partial charge >= 0.3 is 0 Å². The van der Waals surface area contributed by atoms with Crippen molar-refractivity contribution in [2.75, 3.05) is 5.73 Å². The number of hydrogen-bond acceptors (Lipinski definition) is 5. The molecular weight excluding hydrogens is 268 g/mol. The van der Waals surface area contributed by atoms with Gasteiger partial charge in [0.05, 0.1) is 15.9 Å². The zero-order valence-corrected chi connectivity index (χ0v) is 11.3. The fraction of sp³-hybridized carbons (Fsp3) is 0. The van der Waals surface area contributed by atoms with E-state index in [1.165, 1.54) is 17.7 Å². The number of aromatic nitrogens is 3. The minimum absolute atomic E-state index is 0.513. The van der Waals surface area contributed by atoms with Gasteiger partial charge in [0.1, 0.15) is 17.0 Å². The molecule has 3 heterocycles. The first-order valence-corrected chi connectivity index (χ1v) is 7.00. The molecule has 96 valence electrons. The Labute approximate surface area is 118 Å². The van der Waals surface area contributed by atoms with Crippen molar-refractivity contribution < 1.29 is 0 Å². The van der Waals surface area contributed by atoms with E-state index in [0.717, 1.165) is 31.7 Å². The fourth-order valence-corrected chi connectivity index (χ4v) is 3.27. The lowest BCUT2D eigenvalue weighted by atomic mass is 10.1. The highest BCUT2D eigenvalue weighted by Crippen LogP contribution is 2.34. The Bertz CT molecular complexity index is 915. The van der Waals surface area contributed by atoms with Crippen LogP contribution in [0.25, 0.3) is 31.7 Å². The molecule has 0 saturated heterocycles. The number of nitrogens with two attached hydrogens (primary N) is 1. The summed E-state index contributed by atoms with van der Waals surface area (Å²) in [5.41, 5.74) is 8.84. The van der Waals surface area contributed by atoms with Crippen molar-refractivity contribution in [2.24, 2.45) is 0 Å². The van der Waals surface area contributed by atoms with E-state index in [9.17, 15) is 0 Å². The Morgan fingerprint density at radius 3 is 2.65 bits per heavy atom. The van der Waals surface area contributed by atoms with E-state index < -0.39 is 0 Å². The minimum atomic E-state index is 0.513. The second kappa shape index (κ2) is 4.25. The molecule has 2 N–H and O–H groups in total. The molecule has 4 aromatic rings. The molecule has 0 bridgehead atoms. The van der Waals surface area contributed by atoms with Gasteiger partial charge in [0.25, 0.3) is 0 Å². The summed E-state index contributed by atoms with van der Waals surface area (Å²) in [6, 6.07) is 14.2. The third-order valence-corrected chi connectivity index (χ3v) is 4.33. The van der Waals surface area contributed by atoms with Crippen LogP contribution in [0.4, 0.5) is 5.82 Å². The van der Waals surface area contributed by atoms with Gasteiger partial charge in [-0.15, -0.1) is 11.3 Å². The molecule has 5 heteroatoms. The average molecular weight is 278 g/mol. The topological polar surface area (TPSA) is 64.7 Å². The summed E-state index contributed by atoms with van der Waals surface area (Å²) in [6.07, 6.45) is 1.49. The Hall–Kier alpha value is -2.53. The van der Waals surface area contributed by atoms with Gasteiger partial charge in [-0.3, -0.25) is 0 Å². The molecule has 0 aliphatic carbocycles. The summed E-state index contributed by atoms with van der Waals surface area (Å²) in [5, 5.41) is 1.03. The van der Waals surface area contributed by atoms with Crippen molar-refractivity contribution in [3.8, 4) is 11.3 Å². The minimum Gasteiger partial charge on any atom is -0.382 e. The molecule has 0 fully saturated rings. The summed E-state index contributed by atoms with van der Waals surface area (Å²) in [6.45, 7) is 0. The van der Waals surface area contributed by atoms with Crippen LogP contribution < -0.4 is 5.73 Å². The Kier molecular flexibility index (Phi) is 2.40. The maximum atomic E-state index is 5.90. The van der Waals surface area contributed by atoms with Crippen molar-refractivity contribution in [2.45, 2.75) is 0 Å². The van der Waals surface area contributed by atoms with E-state index in [0.29, 0.717) is 5.82 Å². The second-order valence-electron chi connectivity index (χ2n) is 4.45. The summed E-state index contributed by atoms with van der Waals surface area (Å²) in [7, 11) is 0. The van der Waals surface area contributed by atoms with Crippen molar-refractivity contribution in [3.63, 3.8) is 0 Å². The molecule has 0 radical (unpaired) electrons. The van der Waals surface area contributed by atoms with Gasteiger partial charge < -0.3 is 5.73 Å². The number of nitrogen functional groups attached to an aromatic ring is 1. The van der Waals surface area contributed by atoms with Gasteiger partial charge in [0, 0.05) is 10.9 Å². The fourth-order valence-electron chi connectivity index (χ4n) is 2.24. The lowest BCUT2D eigenvalue weighted by molar-refractivity contribution is 1.24. The Morgan fingerprint density at radius 2 is 1.80 bits per heavy atom. The van der Waals surface area contributed by atoms with Gasteiger partial charge in [-0.05, 0) is 12.1 Å². The van der Waals surface area contributed by atoms with Crippen molar-refractivity contribution >= 4 is 37.6 Å². The molecule has 0 aliphatic heterocycles. The summed E-state index contributed by atoms with van der Waals surface area (Å²) < 4.78 is 0.903. The van der Waals surface area contributed by atoms with E-state index in [1.54, 1.807) is 0 Å². The van der Waals surface area contributed by atoms with Crippen LogP contribution in [0.15, 0.2) is 48.8 Å². The standard InChI is InChI=1S/C15H10N4S/c16-14-13-12(17-8-18-14)10-6-7-11(19-15(10)20-13)9-4-2-1-3-5-9/h1-8H,(H2,16,17,18). The lowest BCUT2D eigenvalue weighted by Crippen LogP contribution is -1.89. The van der Waals surface area contributed by atoms with E-state index in [2.05, 4.69) is 28.2 Å². The van der Waals surface area contributed by atoms with Gasteiger partial charge in [0.15, 0.2) is 0 Å². The first kappa shape index (κ1) is 11.3. The number of fused-ring (bicyclic) bond motifs is 3. The largest absolute Gasteiger partial charge is 0.382 e. The summed E-state index contributed by atoms with van der Waals surface area (Å²) in [5.74, 6) is 0.513. The van der Waals surface area contributed by atoms with Gasteiger partial charge in [-0.2, -0.15) is 0 Å². The van der Waals surface area contributed by atoms with Gasteiger partial charge in [0.2, 0.25) is 0 Å². The number of pyridine rings is 1. The molecule has 4 rings (SSSR count). The zero-order chi connectivity index (χ0) is 13.5. The predicted molar refractivity (Wildman–Crippen MR) is 82.6 cm³/mol. The van der Waals surface area contributed by atoms with Crippen LogP contribution in [0.5, 0.6) is 0 Å². The van der Waals surface area contributed by atoms with Gasteiger partial charge in [-0.25, -0.2) is 15.0 Å². The second-order valence-corrected chi connectivity index (χ2v) is 5.45. The molecule has 0 amide bonds. The van der Waals surface area contributed by atoms with E-state index >= 15 is 0 Å². The van der Waals surface area contributed by atoms with E-state index in [1.807, 2.05) is 24.3 Å². The van der Waals surface area contributed by atoms with Crippen LogP contribution in [0, 0.1) is 0 Å². The van der Waals surface area contributed by atoms with Crippen molar-refractivity contribution in [1.29, 1.82) is 0 Å². The molecule has 3 aromatic heterocycles. The van der Waals surface area contributed by atoms with Crippen LogP contribution >= 0.6 is 11.3 Å². The first-order valence-electron chi connectivity index (χ1n) is 6.18. The molecule has 0 spiro atoms. The number of nitrogens with zero attached hydrogens (tertiary/aromatic N) is 3. The number of benzene rings is 1. The van der Waals surface area contributed by atoms with Crippen molar-refractivity contribution in [1.82, 2.24) is 15.0 Å². The maximum absolute atomic E-state index is 5.90. The molecule has 0 aliphatic rings. The van der Waals surface area contributed by atoms with Crippen LogP contribution in [0.2, 0.25) is 0 Å². The maximum Gasteiger partial charge on any atom is 0.144 e. The normalized spacial score (nSPS) is 11.2. The number of hydrogen-bond donors (Lipinski definition) is 1. The molecular formula is C15H10N4S. The highest BCUT2D eigenvalue weighted by molar-refractivity contribution is 7.25. The van der Waals surface area contributed by atoms with Crippen molar-refractivity contribution in [3.05, 3.63) is 48.8 Å². The molecule has 20 heavy (non-hydrogen) atoms. The number of anilines is 1. The highest BCUT2D eigenvalue weighted by Gasteiger charge is 2.11. The van der Waals surface area contributed by atoms with Crippen LogP contribution in [-0.4, -0.2) is 15.0 Å². The molecule has 0 atom stereocenters. The number of rotatable bonds is 1. The van der Waals surface area contributed by atoms with E-state index in [-0.39, 0.29) is 0 Å². The third kappa shape index (κ3) is 1.64. The molecule has 1 aromatic carbocycles. The Balaban J connectivity index is 2.01. The molecule has 4 nitrogen and oxygen atoms in total. The highest BCUT2D eigenvalue weighted by atomic mass is 32.1. The third-order valence-electron chi connectivity index (χ3n) is 3.22. The van der Waals surface area contributed by atoms with Crippen LogP contribution in [0.1, 0.15) is 0 Å². The zero-order valence-electron chi connectivity index (χ0n) is 10.4. The molecule has 0 saturated carbocycles. The quantitative estimate of drug-likeness (QED) is 0.579. The van der Waals surface area contributed by atoms with Crippen LogP contribution in [-0.2, 0) is 0 Å². The van der Waals surface area contributed by atoms with Gasteiger partial charge in [-0.1, -0.05) is 30.3 Å². The smallest absolute Gasteiger partial charge is 0.144 e. The molecule has 0 unspecified atom stereocenters. The first-order chi connectivity index (χ1) is 9.83. The Morgan fingerprint density at radius 1 is 0.950 bits per heavy atom. The van der Waals surface area contributed by atoms with Crippen LogP contribution in [0.3, 0.4) is 0 Å². The predicted octanol–water partition coefficient (Wildman–Crippen LogP) is 3.49.